The lowest BCUT2D eigenvalue weighted by atomic mass is 10.1. The van der Waals surface area contributed by atoms with Crippen LogP contribution >= 0.6 is 11.3 Å². The van der Waals surface area contributed by atoms with Crippen LogP contribution < -0.4 is 5.73 Å². The fourth-order valence-electron chi connectivity index (χ4n) is 2.06. The Morgan fingerprint density at radius 1 is 1.32 bits per heavy atom. The number of aromatic nitrogens is 3. The highest BCUT2D eigenvalue weighted by Crippen LogP contribution is 2.23. The molecule has 0 amide bonds. The van der Waals surface area contributed by atoms with Gasteiger partial charge in [-0.3, -0.25) is 0 Å². The first kappa shape index (κ1) is 12.3. The van der Waals surface area contributed by atoms with E-state index in [1.54, 1.807) is 11.3 Å². The summed E-state index contributed by atoms with van der Waals surface area (Å²) >= 11 is 1.64. The van der Waals surface area contributed by atoms with Crippen molar-refractivity contribution in [1.82, 2.24) is 15.0 Å². The van der Waals surface area contributed by atoms with Crippen LogP contribution in [-0.4, -0.2) is 21.5 Å². The number of aryl methyl sites for hydroxylation is 1. The Bertz CT molecular complexity index is 698. The van der Waals surface area contributed by atoms with Gasteiger partial charge in [0, 0.05) is 11.8 Å². The number of nitrogens with two attached hydrogens (primary N) is 1. The maximum atomic E-state index is 5.54. The highest BCUT2D eigenvalue weighted by atomic mass is 32.1. The van der Waals surface area contributed by atoms with Crippen LogP contribution in [0.2, 0.25) is 0 Å². The van der Waals surface area contributed by atoms with E-state index in [4.69, 9.17) is 5.73 Å². The molecule has 2 heterocycles. The third kappa shape index (κ3) is 2.39. The molecule has 0 bridgehead atoms. The number of nitrogens with one attached hydrogen (secondary N) is 1. The van der Waals surface area contributed by atoms with Crippen LogP contribution in [0.4, 0.5) is 0 Å². The lowest BCUT2D eigenvalue weighted by molar-refractivity contribution is 0.953. The summed E-state index contributed by atoms with van der Waals surface area (Å²) in [6.45, 7) is 2.78. The van der Waals surface area contributed by atoms with Gasteiger partial charge in [0.2, 0.25) is 0 Å². The van der Waals surface area contributed by atoms with Gasteiger partial charge in [-0.2, -0.15) is 0 Å². The first-order valence-corrected chi connectivity index (χ1v) is 7.31. The van der Waals surface area contributed by atoms with Crippen LogP contribution in [0, 0.1) is 0 Å². The van der Waals surface area contributed by atoms with Crippen molar-refractivity contribution in [2.45, 2.75) is 19.8 Å². The van der Waals surface area contributed by atoms with Crippen molar-refractivity contribution in [2.75, 3.05) is 6.54 Å². The molecular formula is C14H16N4S. The number of rotatable bonds is 4. The summed E-state index contributed by atoms with van der Waals surface area (Å²) in [6.07, 6.45) is 1.85. The Labute approximate surface area is 115 Å². The zero-order valence-corrected chi connectivity index (χ0v) is 11.6. The molecule has 0 radical (unpaired) electrons. The molecule has 0 aliphatic carbocycles. The third-order valence-corrected chi connectivity index (χ3v) is 4.02. The maximum Gasteiger partial charge on any atom is 0.158 e. The number of thiazole rings is 1. The number of aromatic amines is 1. The Morgan fingerprint density at radius 3 is 3.00 bits per heavy atom. The zero-order valence-electron chi connectivity index (χ0n) is 10.8. The number of imidazole rings is 1. The molecule has 0 atom stereocenters. The molecule has 0 saturated heterocycles. The fraction of sp³-hybridized carbons (Fsp3) is 0.286. The summed E-state index contributed by atoms with van der Waals surface area (Å²) in [4.78, 5) is 12.5. The molecule has 5 heteroatoms. The molecule has 1 aromatic carbocycles. The van der Waals surface area contributed by atoms with Crippen LogP contribution in [0.5, 0.6) is 0 Å². The lowest BCUT2D eigenvalue weighted by Crippen LogP contribution is -2.02. The van der Waals surface area contributed by atoms with Crippen molar-refractivity contribution in [3.63, 3.8) is 0 Å². The van der Waals surface area contributed by atoms with E-state index in [0.29, 0.717) is 6.54 Å². The Hall–Kier alpha value is -1.72. The summed E-state index contributed by atoms with van der Waals surface area (Å²) in [5.74, 6) is 0.836. The Kier molecular flexibility index (Phi) is 3.31. The van der Waals surface area contributed by atoms with Gasteiger partial charge in [0.15, 0.2) is 5.82 Å². The summed E-state index contributed by atoms with van der Waals surface area (Å²) in [7, 11) is 0. The van der Waals surface area contributed by atoms with Crippen LogP contribution in [0.25, 0.3) is 22.6 Å². The van der Waals surface area contributed by atoms with E-state index in [-0.39, 0.29) is 0 Å². The van der Waals surface area contributed by atoms with E-state index in [1.165, 1.54) is 5.56 Å². The van der Waals surface area contributed by atoms with Crippen molar-refractivity contribution >= 4 is 22.4 Å². The molecule has 2 aromatic heterocycles. The molecule has 0 saturated carbocycles. The van der Waals surface area contributed by atoms with Gasteiger partial charge < -0.3 is 10.7 Å². The molecule has 0 aliphatic heterocycles. The van der Waals surface area contributed by atoms with Gasteiger partial charge in [0.05, 0.1) is 16.0 Å². The number of hydrogen-bond acceptors (Lipinski definition) is 4. The second kappa shape index (κ2) is 5.11. The summed E-state index contributed by atoms with van der Waals surface area (Å²) < 4.78 is 0. The van der Waals surface area contributed by atoms with Crippen molar-refractivity contribution in [2.24, 2.45) is 5.73 Å². The predicted octanol–water partition coefficient (Wildman–Crippen LogP) is 2.75. The number of benzene rings is 1. The second-order valence-electron chi connectivity index (χ2n) is 4.46. The summed E-state index contributed by atoms with van der Waals surface area (Å²) in [5, 5.41) is 3.09. The van der Waals surface area contributed by atoms with Crippen molar-refractivity contribution in [3.8, 4) is 11.5 Å². The van der Waals surface area contributed by atoms with Crippen LogP contribution in [0.1, 0.15) is 17.5 Å². The average molecular weight is 272 g/mol. The fourth-order valence-corrected chi connectivity index (χ4v) is 2.85. The van der Waals surface area contributed by atoms with Gasteiger partial charge in [0.25, 0.3) is 0 Å². The van der Waals surface area contributed by atoms with E-state index >= 15 is 0 Å². The summed E-state index contributed by atoms with van der Waals surface area (Å²) in [6, 6.07) is 6.33. The van der Waals surface area contributed by atoms with Gasteiger partial charge in [-0.25, -0.2) is 9.97 Å². The van der Waals surface area contributed by atoms with E-state index in [0.717, 1.165) is 40.4 Å². The lowest BCUT2D eigenvalue weighted by Gasteiger charge is -1.93. The molecule has 3 aromatic rings. The largest absolute Gasteiger partial charge is 0.337 e. The van der Waals surface area contributed by atoms with E-state index in [1.807, 2.05) is 5.38 Å². The molecule has 3 rings (SSSR count). The van der Waals surface area contributed by atoms with E-state index in [2.05, 4.69) is 40.1 Å². The summed E-state index contributed by atoms with van der Waals surface area (Å²) in [5.41, 5.74) is 9.82. The smallest absolute Gasteiger partial charge is 0.158 e. The molecule has 0 aliphatic rings. The standard InChI is InChI=1S/C14H16N4S/c1-2-9-3-4-10-11(7-9)18-14(17-10)12-8-19-13(16-12)5-6-15/h3-4,7-8H,2,5-6,15H2,1H3,(H,17,18). The Balaban J connectivity index is 1.99. The monoisotopic (exact) mass is 272 g/mol. The van der Waals surface area contributed by atoms with Crippen molar-refractivity contribution < 1.29 is 0 Å². The molecule has 0 spiro atoms. The van der Waals surface area contributed by atoms with Gasteiger partial charge in [0.1, 0.15) is 5.69 Å². The Morgan fingerprint density at radius 2 is 2.21 bits per heavy atom. The normalized spacial score (nSPS) is 11.3. The van der Waals surface area contributed by atoms with E-state index in [9.17, 15) is 0 Å². The highest BCUT2D eigenvalue weighted by Gasteiger charge is 2.09. The quantitative estimate of drug-likeness (QED) is 0.767. The zero-order chi connectivity index (χ0) is 13.2. The van der Waals surface area contributed by atoms with Crippen LogP contribution in [0.15, 0.2) is 23.6 Å². The molecular weight excluding hydrogens is 256 g/mol. The first-order valence-electron chi connectivity index (χ1n) is 6.43. The van der Waals surface area contributed by atoms with Gasteiger partial charge >= 0.3 is 0 Å². The predicted molar refractivity (Wildman–Crippen MR) is 79.3 cm³/mol. The van der Waals surface area contributed by atoms with Gasteiger partial charge in [-0.15, -0.1) is 11.3 Å². The minimum Gasteiger partial charge on any atom is -0.337 e. The first-order chi connectivity index (χ1) is 9.30. The number of fused-ring (bicyclic) bond motifs is 1. The highest BCUT2D eigenvalue weighted by molar-refractivity contribution is 7.09. The second-order valence-corrected chi connectivity index (χ2v) is 5.40. The van der Waals surface area contributed by atoms with Gasteiger partial charge in [-0.1, -0.05) is 13.0 Å². The molecule has 0 fully saturated rings. The molecule has 98 valence electrons. The van der Waals surface area contributed by atoms with Gasteiger partial charge in [-0.05, 0) is 30.7 Å². The van der Waals surface area contributed by atoms with Crippen molar-refractivity contribution in [1.29, 1.82) is 0 Å². The van der Waals surface area contributed by atoms with E-state index < -0.39 is 0 Å². The topological polar surface area (TPSA) is 67.6 Å². The van der Waals surface area contributed by atoms with Crippen LogP contribution in [-0.2, 0) is 12.8 Å². The average Bonchev–Trinajstić information content (AvgIpc) is 3.03. The van der Waals surface area contributed by atoms with Crippen molar-refractivity contribution in [3.05, 3.63) is 34.2 Å². The molecule has 4 nitrogen and oxygen atoms in total. The van der Waals surface area contributed by atoms with Crippen LogP contribution in [0.3, 0.4) is 0 Å². The maximum absolute atomic E-state index is 5.54. The molecule has 19 heavy (non-hydrogen) atoms. The number of H-pyrrole nitrogens is 1. The minimum absolute atomic E-state index is 0.632. The third-order valence-electron chi connectivity index (χ3n) is 3.11. The molecule has 3 N–H and O–H groups in total. The molecule has 0 unspecified atom stereocenters. The minimum atomic E-state index is 0.632. The SMILES string of the molecule is CCc1ccc2nc(-c3csc(CCN)n3)[nH]c2c1. The number of hydrogen-bond donors (Lipinski definition) is 2. The number of nitrogens with zero attached hydrogens (tertiary/aromatic N) is 2.